The van der Waals surface area contributed by atoms with Crippen molar-refractivity contribution in [2.45, 2.75) is 44.6 Å². The smallest absolute Gasteiger partial charge is 0.274 e. The van der Waals surface area contributed by atoms with Crippen LogP contribution in [0.25, 0.3) is 0 Å². The first-order chi connectivity index (χ1) is 13.2. The summed E-state index contributed by atoms with van der Waals surface area (Å²) in [4.78, 5) is 29.1. The molecule has 1 aromatic carbocycles. The zero-order chi connectivity index (χ0) is 19.1. The fraction of sp³-hybridized carbons (Fsp3) is 0.333. The molecule has 1 fully saturated rings. The number of rotatable bonds is 4. The van der Waals surface area contributed by atoms with Crippen LogP contribution in [0.2, 0.25) is 0 Å². The first-order valence-electron chi connectivity index (χ1n) is 9.25. The average Bonchev–Trinajstić information content (AvgIpc) is 2.97. The van der Waals surface area contributed by atoms with Gasteiger partial charge in [0.1, 0.15) is 11.4 Å². The minimum atomic E-state index is -0.399. The highest BCUT2D eigenvalue weighted by Crippen LogP contribution is 2.17. The Morgan fingerprint density at radius 1 is 0.926 bits per heavy atom. The molecular formula is C21H22N4O2. The molecule has 0 aliphatic heterocycles. The molecular weight excluding hydrogens is 340 g/mol. The number of nitrogens with one attached hydrogen (secondary N) is 2. The van der Waals surface area contributed by atoms with Crippen LogP contribution in [0.3, 0.4) is 0 Å². The molecule has 3 rings (SSSR count). The van der Waals surface area contributed by atoms with Gasteiger partial charge in [-0.2, -0.15) is 5.26 Å². The predicted molar refractivity (Wildman–Crippen MR) is 102 cm³/mol. The van der Waals surface area contributed by atoms with Crippen LogP contribution in [0, 0.1) is 11.3 Å². The van der Waals surface area contributed by atoms with E-state index in [1.54, 1.807) is 42.5 Å². The maximum absolute atomic E-state index is 12.5. The van der Waals surface area contributed by atoms with Gasteiger partial charge in [-0.3, -0.25) is 9.59 Å². The molecule has 2 aromatic rings. The van der Waals surface area contributed by atoms with Crippen LogP contribution in [-0.2, 0) is 0 Å². The molecule has 0 bridgehead atoms. The van der Waals surface area contributed by atoms with Gasteiger partial charge in [-0.15, -0.1) is 0 Å². The van der Waals surface area contributed by atoms with E-state index in [1.807, 2.05) is 6.07 Å². The monoisotopic (exact) mass is 362 g/mol. The number of nitriles is 1. The van der Waals surface area contributed by atoms with Gasteiger partial charge >= 0.3 is 0 Å². The lowest BCUT2D eigenvalue weighted by atomic mass is 10.1. The second-order valence-electron chi connectivity index (χ2n) is 6.71. The minimum Gasteiger partial charge on any atom is -0.348 e. The summed E-state index contributed by atoms with van der Waals surface area (Å²) >= 11 is 0. The second kappa shape index (κ2) is 8.95. The number of carbonyl (C=O) groups excluding carboxylic acids is 2. The molecule has 0 spiro atoms. The lowest BCUT2D eigenvalue weighted by Crippen LogP contribution is -2.35. The van der Waals surface area contributed by atoms with Gasteiger partial charge in [0.25, 0.3) is 11.8 Å². The molecule has 2 N–H and O–H groups in total. The number of amides is 2. The van der Waals surface area contributed by atoms with Crippen molar-refractivity contribution in [2.75, 3.05) is 5.32 Å². The molecule has 6 nitrogen and oxygen atoms in total. The number of anilines is 1. The molecule has 0 unspecified atom stereocenters. The minimum absolute atomic E-state index is 0.174. The molecule has 0 saturated heterocycles. The van der Waals surface area contributed by atoms with Gasteiger partial charge in [-0.25, -0.2) is 4.98 Å². The lowest BCUT2D eigenvalue weighted by molar-refractivity contribution is 0.0928. The third-order valence-corrected chi connectivity index (χ3v) is 4.68. The fourth-order valence-electron chi connectivity index (χ4n) is 3.19. The van der Waals surface area contributed by atoms with E-state index in [-0.39, 0.29) is 23.3 Å². The zero-order valence-electron chi connectivity index (χ0n) is 15.1. The van der Waals surface area contributed by atoms with Crippen molar-refractivity contribution in [1.29, 1.82) is 5.26 Å². The molecule has 1 saturated carbocycles. The summed E-state index contributed by atoms with van der Waals surface area (Å²) in [6, 6.07) is 13.6. The zero-order valence-corrected chi connectivity index (χ0v) is 15.1. The summed E-state index contributed by atoms with van der Waals surface area (Å²) < 4.78 is 0. The Labute approximate surface area is 158 Å². The number of carbonyl (C=O) groups is 2. The van der Waals surface area contributed by atoms with Crippen molar-refractivity contribution >= 4 is 17.5 Å². The normalized spacial score (nSPS) is 14.6. The van der Waals surface area contributed by atoms with Crippen LogP contribution < -0.4 is 10.6 Å². The summed E-state index contributed by atoms with van der Waals surface area (Å²) in [7, 11) is 0. The van der Waals surface area contributed by atoms with E-state index in [9.17, 15) is 9.59 Å². The van der Waals surface area contributed by atoms with Gasteiger partial charge in [0.05, 0.1) is 11.6 Å². The molecule has 2 amide bonds. The van der Waals surface area contributed by atoms with E-state index in [2.05, 4.69) is 15.6 Å². The van der Waals surface area contributed by atoms with Crippen LogP contribution in [0.5, 0.6) is 0 Å². The number of hydrogen-bond donors (Lipinski definition) is 2. The Morgan fingerprint density at radius 3 is 2.19 bits per heavy atom. The van der Waals surface area contributed by atoms with Crippen LogP contribution in [0.4, 0.5) is 5.69 Å². The Kier molecular flexibility index (Phi) is 6.16. The summed E-state index contributed by atoms with van der Waals surface area (Å²) in [5.74, 6) is -0.640. The standard InChI is InChI=1S/C21H22N4O2/c22-14-15-10-12-17(13-11-15)24-21(27)19-9-5-8-18(25-19)20(26)23-16-6-3-1-2-4-7-16/h5,8-13,16H,1-4,6-7H2,(H,23,26)(H,24,27). The van der Waals surface area contributed by atoms with Crippen LogP contribution in [0.15, 0.2) is 42.5 Å². The number of hydrogen-bond acceptors (Lipinski definition) is 4. The van der Waals surface area contributed by atoms with E-state index in [4.69, 9.17) is 5.26 Å². The van der Waals surface area contributed by atoms with Crippen molar-refractivity contribution < 1.29 is 9.59 Å². The number of benzene rings is 1. The number of aromatic nitrogens is 1. The molecule has 138 valence electrons. The summed E-state index contributed by atoms with van der Waals surface area (Å²) in [5.41, 5.74) is 1.50. The first-order valence-corrected chi connectivity index (χ1v) is 9.25. The Morgan fingerprint density at radius 2 is 1.56 bits per heavy atom. The van der Waals surface area contributed by atoms with E-state index >= 15 is 0 Å². The van der Waals surface area contributed by atoms with Crippen molar-refractivity contribution in [3.63, 3.8) is 0 Å². The molecule has 1 aliphatic rings. The van der Waals surface area contributed by atoms with E-state index in [0.29, 0.717) is 11.3 Å². The maximum atomic E-state index is 12.5. The Balaban J connectivity index is 1.65. The van der Waals surface area contributed by atoms with Crippen molar-refractivity contribution in [3.8, 4) is 6.07 Å². The topological polar surface area (TPSA) is 94.9 Å². The summed E-state index contributed by atoms with van der Waals surface area (Å²) in [6.07, 6.45) is 6.68. The molecule has 27 heavy (non-hydrogen) atoms. The van der Waals surface area contributed by atoms with Crippen molar-refractivity contribution in [2.24, 2.45) is 0 Å². The summed E-state index contributed by atoms with van der Waals surface area (Å²) in [6.45, 7) is 0. The fourth-order valence-corrected chi connectivity index (χ4v) is 3.19. The van der Waals surface area contributed by atoms with E-state index < -0.39 is 5.91 Å². The van der Waals surface area contributed by atoms with Crippen LogP contribution in [0.1, 0.15) is 65.1 Å². The maximum Gasteiger partial charge on any atom is 0.274 e. The van der Waals surface area contributed by atoms with Gasteiger partial charge < -0.3 is 10.6 Å². The van der Waals surface area contributed by atoms with Gasteiger partial charge in [-0.05, 0) is 49.2 Å². The second-order valence-corrected chi connectivity index (χ2v) is 6.71. The molecule has 6 heteroatoms. The molecule has 1 aliphatic carbocycles. The highest BCUT2D eigenvalue weighted by molar-refractivity contribution is 6.03. The molecule has 0 atom stereocenters. The predicted octanol–water partition coefficient (Wildman–Crippen LogP) is 3.66. The van der Waals surface area contributed by atoms with Gasteiger partial charge in [0.2, 0.25) is 0 Å². The molecule has 1 heterocycles. The third kappa shape index (κ3) is 5.14. The first kappa shape index (κ1) is 18.6. The molecule has 1 aromatic heterocycles. The summed E-state index contributed by atoms with van der Waals surface area (Å²) in [5, 5.41) is 14.6. The van der Waals surface area contributed by atoms with E-state index in [0.717, 1.165) is 25.7 Å². The largest absolute Gasteiger partial charge is 0.348 e. The highest BCUT2D eigenvalue weighted by Gasteiger charge is 2.18. The van der Waals surface area contributed by atoms with Crippen LogP contribution >= 0.6 is 0 Å². The Bertz CT molecular complexity index is 847. The quantitative estimate of drug-likeness (QED) is 0.812. The van der Waals surface area contributed by atoms with Crippen molar-refractivity contribution in [3.05, 3.63) is 59.4 Å². The number of nitrogens with zero attached hydrogens (tertiary/aromatic N) is 2. The van der Waals surface area contributed by atoms with Gasteiger partial charge in [0.15, 0.2) is 0 Å². The number of pyridine rings is 1. The van der Waals surface area contributed by atoms with E-state index in [1.165, 1.54) is 12.8 Å². The SMILES string of the molecule is N#Cc1ccc(NC(=O)c2cccc(C(=O)NC3CCCCCC3)n2)cc1. The van der Waals surface area contributed by atoms with Gasteiger partial charge in [0, 0.05) is 11.7 Å². The Hall–Kier alpha value is -3.20. The van der Waals surface area contributed by atoms with Crippen LogP contribution in [-0.4, -0.2) is 22.8 Å². The third-order valence-electron chi connectivity index (χ3n) is 4.68. The highest BCUT2D eigenvalue weighted by atomic mass is 16.2. The van der Waals surface area contributed by atoms with Gasteiger partial charge in [-0.1, -0.05) is 31.7 Å². The average molecular weight is 362 g/mol. The molecule has 0 radical (unpaired) electrons. The van der Waals surface area contributed by atoms with Crippen molar-refractivity contribution in [1.82, 2.24) is 10.3 Å². The lowest BCUT2D eigenvalue weighted by Gasteiger charge is -2.16.